The SMILES string of the molecule is O=C(NCCC1=CCCC1)NC1COCC1C(=O)O. The molecule has 0 bridgehead atoms. The maximum absolute atomic E-state index is 11.7. The summed E-state index contributed by atoms with van der Waals surface area (Å²) in [5.74, 6) is -1.58. The van der Waals surface area contributed by atoms with Gasteiger partial charge >= 0.3 is 12.0 Å². The second-order valence-corrected chi connectivity index (χ2v) is 4.99. The highest BCUT2D eigenvalue weighted by atomic mass is 16.5. The fraction of sp³-hybridized carbons (Fsp3) is 0.692. The van der Waals surface area contributed by atoms with Gasteiger partial charge in [-0.3, -0.25) is 4.79 Å². The van der Waals surface area contributed by atoms with E-state index in [0.29, 0.717) is 6.54 Å². The first-order valence-electron chi connectivity index (χ1n) is 6.69. The van der Waals surface area contributed by atoms with E-state index < -0.39 is 17.9 Å². The van der Waals surface area contributed by atoms with E-state index in [0.717, 1.165) is 19.3 Å². The Morgan fingerprint density at radius 3 is 2.95 bits per heavy atom. The third kappa shape index (κ3) is 3.96. The second kappa shape index (κ2) is 6.56. The summed E-state index contributed by atoms with van der Waals surface area (Å²) >= 11 is 0. The molecule has 2 amide bonds. The van der Waals surface area contributed by atoms with E-state index in [9.17, 15) is 9.59 Å². The lowest BCUT2D eigenvalue weighted by Crippen LogP contribution is -2.47. The van der Waals surface area contributed by atoms with Crippen molar-refractivity contribution >= 4 is 12.0 Å². The van der Waals surface area contributed by atoms with Gasteiger partial charge in [0.25, 0.3) is 0 Å². The van der Waals surface area contributed by atoms with E-state index in [1.54, 1.807) is 0 Å². The summed E-state index contributed by atoms with van der Waals surface area (Å²) in [5.41, 5.74) is 1.40. The van der Waals surface area contributed by atoms with Gasteiger partial charge in [0.15, 0.2) is 0 Å². The van der Waals surface area contributed by atoms with Crippen LogP contribution in [0.5, 0.6) is 0 Å². The van der Waals surface area contributed by atoms with Crippen LogP contribution in [0.15, 0.2) is 11.6 Å². The van der Waals surface area contributed by atoms with Crippen LogP contribution in [-0.4, -0.2) is 42.9 Å². The number of rotatable bonds is 5. The van der Waals surface area contributed by atoms with Gasteiger partial charge in [-0.1, -0.05) is 11.6 Å². The molecule has 1 saturated heterocycles. The summed E-state index contributed by atoms with van der Waals surface area (Å²) < 4.78 is 5.09. The zero-order chi connectivity index (χ0) is 13.7. The molecule has 1 heterocycles. The van der Waals surface area contributed by atoms with Gasteiger partial charge in [-0.2, -0.15) is 0 Å². The number of allylic oxidation sites excluding steroid dienone is 1. The van der Waals surface area contributed by atoms with Crippen molar-refractivity contribution in [2.75, 3.05) is 19.8 Å². The van der Waals surface area contributed by atoms with Crippen LogP contribution in [0.3, 0.4) is 0 Å². The molecule has 1 aliphatic heterocycles. The Hall–Kier alpha value is -1.56. The summed E-state index contributed by atoms with van der Waals surface area (Å²) in [6.45, 7) is 1.01. The Morgan fingerprint density at radius 1 is 1.42 bits per heavy atom. The first-order chi connectivity index (χ1) is 9.16. The van der Waals surface area contributed by atoms with Crippen molar-refractivity contribution in [3.63, 3.8) is 0 Å². The van der Waals surface area contributed by atoms with Gasteiger partial charge in [-0.05, 0) is 25.7 Å². The van der Waals surface area contributed by atoms with Crippen LogP contribution in [0.1, 0.15) is 25.7 Å². The molecule has 0 radical (unpaired) electrons. The van der Waals surface area contributed by atoms with Gasteiger partial charge in [0, 0.05) is 6.54 Å². The van der Waals surface area contributed by atoms with E-state index in [2.05, 4.69) is 16.7 Å². The summed E-state index contributed by atoms with van der Waals surface area (Å²) in [6.07, 6.45) is 6.57. The van der Waals surface area contributed by atoms with Gasteiger partial charge in [0.05, 0.1) is 19.3 Å². The number of aliphatic carboxylic acids is 1. The summed E-state index contributed by atoms with van der Waals surface area (Å²) in [5, 5.41) is 14.4. The molecule has 19 heavy (non-hydrogen) atoms. The normalized spacial score (nSPS) is 26.0. The van der Waals surface area contributed by atoms with Crippen LogP contribution in [-0.2, 0) is 9.53 Å². The molecule has 0 spiro atoms. The maximum Gasteiger partial charge on any atom is 0.315 e. The molecular formula is C13H20N2O4. The Morgan fingerprint density at radius 2 is 2.26 bits per heavy atom. The molecule has 106 valence electrons. The third-order valence-corrected chi connectivity index (χ3v) is 3.58. The molecule has 1 aliphatic carbocycles. The molecule has 2 rings (SSSR count). The Bertz CT molecular complexity index is 381. The van der Waals surface area contributed by atoms with Crippen molar-refractivity contribution in [3.05, 3.63) is 11.6 Å². The van der Waals surface area contributed by atoms with Gasteiger partial charge in [0.1, 0.15) is 5.92 Å². The molecule has 0 aromatic heterocycles. The van der Waals surface area contributed by atoms with E-state index in [-0.39, 0.29) is 19.2 Å². The molecule has 3 N–H and O–H groups in total. The number of carboxylic acids is 1. The highest BCUT2D eigenvalue weighted by Crippen LogP contribution is 2.19. The van der Waals surface area contributed by atoms with E-state index in [4.69, 9.17) is 9.84 Å². The quantitative estimate of drug-likeness (QED) is 0.646. The largest absolute Gasteiger partial charge is 0.481 e. The predicted molar refractivity (Wildman–Crippen MR) is 68.8 cm³/mol. The molecule has 1 fully saturated rings. The van der Waals surface area contributed by atoms with Crippen LogP contribution in [0, 0.1) is 5.92 Å². The van der Waals surface area contributed by atoms with Crippen molar-refractivity contribution in [1.82, 2.24) is 10.6 Å². The number of urea groups is 1. The van der Waals surface area contributed by atoms with Gasteiger partial charge in [-0.25, -0.2) is 4.79 Å². The molecular weight excluding hydrogens is 248 g/mol. The van der Waals surface area contributed by atoms with E-state index >= 15 is 0 Å². The molecule has 2 unspecified atom stereocenters. The predicted octanol–water partition coefficient (Wildman–Crippen LogP) is 0.886. The maximum atomic E-state index is 11.7. The van der Waals surface area contributed by atoms with Crippen LogP contribution in [0.4, 0.5) is 4.79 Å². The van der Waals surface area contributed by atoms with Crippen LogP contribution >= 0.6 is 0 Å². The molecule has 0 aromatic rings. The van der Waals surface area contributed by atoms with Crippen molar-refractivity contribution in [2.24, 2.45) is 5.92 Å². The molecule has 6 heteroatoms. The summed E-state index contributed by atoms with van der Waals surface area (Å²) in [4.78, 5) is 22.6. The Kier molecular flexibility index (Phi) is 4.79. The zero-order valence-electron chi connectivity index (χ0n) is 10.9. The Balaban J connectivity index is 1.67. The highest BCUT2D eigenvalue weighted by Gasteiger charge is 2.34. The lowest BCUT2D eigenvalue weighted by Gasteiger charge is -2.16. The number of carboxylic acid groups (broad SMARTS) is 1. The highest BCUT2D eigenvalue weighted by molar-refractivity contribution is 5.77. The van der Waals surface area contributed by atoms with Crippen molar-refractivity contribution in [3.8, 4) is 0 Å². The molecule has 0 saturated carbocycles. The zero-order valence-corrected chi connectivity index (χ0v) is 10.9. The number of hydrogen-bond acceptors (Lipinski definition) is 3. The minimum absolute atomic E-state index is 0.160. The number of nitrogens with one attached hydrogen (secondary N) is 2. The van der Waals surface area contributed by atoms with Crippen molar-refractivity contribution in [1.29, 1.82) is 0 Å². The van der Waals surface area contributed by atoms with Crippen molar-refractivity contribution < 1.29 is 19.4 Å². The molecule has 6 nitrogen and oxygen atoms in total. The topological polar surface area (TPSA) is 87.7 Å². The standard InChI is InChI=1S/C13H20N2O4/c16-12(17)10-7-19-8-11(10)15-13(18)14-6-5-9-3-1-2-4-9/h3,10-11H,1-2,4-8H2,(H,16,17)(H2,14,15,18). The average molecular weight is 268 g/mol. The number of carbonyl (C=O) groups is 2. The minimum atomic E-state index is -0.932. The number of amides is 2. The molecule has 2 aliphatic rings. The van der Waals surface area contributed by atoms with E-state index in [1.165, 1.54) is 12.0 Å². The van der Waals surface area contributed by atoms with Crippen LogP contribution in [0.25, 0.3) is 0 Å². The van der Waals surface area contributed by atoms with Gasteiger partial charge in [0.2, 0.25) is 0 Å². The minimum Gasteiger partial charge on any atom is -0.481 e. The molecule has 2 atom stereocenters. The first-order valence-corrected chi connectivity index (χ1v) is 6.69. The number of ether oxygens (including phenoxy) is 1. The van der Waals surface area contributed by atoms with Gasteiger partial charge in [-0.15, -0.1) is 0 Å². The number of carbonyl (C=O) groups excluding carboxylic acids is 1. The number of hydrogen-bond donors (Lipinski definition) is 3. The smallest absolute Gasteiger partial charge is 0.315 e. The lowest BCUT2D eigenvalue weighted by atomic mass is 10.0. The second-order valence-electron chi connectivity index (χ2n) is 4.99. The van der Waals surface area contributed by atoms with Gasteiger partial charge < -0.3 is 20.5 Å². The fourth-order valence-electron chi connectivity index (χ4n) is 2.46. The monoisotopic (exact) mass is 268 g/mol. The first kappa shape index (κ1) is 13.9. The lowest BCUT2D eigenvalue weighted by molar-refractivity contribution is -0.142. The summed E-state index contributed by atoms with van der Waals surface area (Å²) in [6, 6.07) is -0.761. The Labute approximate surface area is 112 Å². The average Bonchev–Trinajstić information content (AvgIpc) is 2.99. The van der Waals surface area contributed by atoms with Crippen LogP contribution < -0.4 is 10.6 Å². The van der Waals surface area contributed by atoms with Crippen LogP contribution in [0.2, 0.25) is 0 Å². The third-order valence-electron chi connectivity index (χ3n) is 3.58. The van der Waals surface area contributed by atoms with E-state index in [1.807, 2.05) is 0 Å². The summed E-state index contributed by atoms with van der Waals surface area (Å²) in [7, 11) is 0. The fourth-order valence-corrected chi connectivity index (χ4v) is 2.46. The molecule has 0 aromatic carbocycles. The van der Waals surface area contributed by atoms with Crippen molar-refractivity contribution in [2.45, 2.75) is 31.7 Å².